The van der Waals surface area contributed by atoms with Crippen molar-refractivity contribution in [3.05, 3.63) is 59.7 Å². The van der Waals surface area contributed by atoms with E-state index in [-0.39, 0.29) is 11.5 Å². The van der Waals surface area contributed by atoms with E-state index in [9.17, 15) is 9.65 Å². The van der Waals surface area contributed by atoms with E-state index in [4.69, 9.17) is 4.98 Å². The number of rotatable bonds is 2. The summed E-state index contributed by atoms with van der Waals surface area (Å²) in [6.45, 7) is 1.56. The maximum absolute atomic E-state index is 13.9. The van der Waals surface area contributed by atoms with Crippen LogP contribution in [0.25, 0.3) is 11.0 Å². The molecule has 4 rings (SSSR count). The van der Waals surface area contributed by atoms with Gasteiger partial charge in [0, 0.05) is 19.0 Å². The summed E-state index contributed by atoms with van der Waals surface area (Å²) in [7, 11) is 0. The number of piperidine rings is 1. The monoisotopic (exact) mass is 320 g/mol. The second-order valence-electron chi connectivity index (χ2n) is 6.17. The lowest BCUT2D eigenvalue weighted by atomic mass is 9.96. The molecule has 120 valence electrons. The number of para-hydroxylation sites is 2. The molecule has 1 aromatic heterocycles. The van der Waals surface area contributed by atoms with Gasteiger partial charge in [-0.3, -0.25) is 0 Å². The topological polar surface area (TPSA) is 55.7 Å². The summed E-state index contributed by atoms with van der Waals surface area (Å²) >= 11 is 0. The predicted molar refractivity (Wildman–Crippen MR) is 91.4 cm³/mol. The van der Waals surface area contributed by atoms with E-state index in [1.54, 1.807) is 6.07 Å². The highest BCUT2D eigenvalue weighted by molar-refractivity contribution is 5.74. The van der Waals surface area contributed by atoms with Crippen molar-refractivity contribution < 1.29 is 4.39 Å². The quantitative estimate of drug-likeness (QED) is 0.777. The summed E-state index contributed by atoms with van der Waals surface area (Å²) in [4.78, 5) is 10.2. The van der Waals surface area contributed by atoms with Gasteiger partial charge in [0.05, 0.1) is 16.7 Å². The second kappa shape index (κ2) is 5.97. The van der Waals surface area contributed by atoms with Crippen LogP contribution in [0.4, 0.5) is 10.1 Å². The lowest BCUT2D eigenvalue weighted by Crippen LogP contribution is -2.35. The fourth-order valence-electron chi connectivity index (χ4n) is 3.47. The molecule has 1 unspecified atom stereocenters. The van der Waals surface area contributed by atoms with Gasteiger partial charge in [-0.2, -0.15) is 5.26 Å². The van der Waals surface area contributed by atoms with Gasteiger partial charge < -0.3 is 9.88 Å². The Morgan fingerprint density at radius 1 is 1.21 bits per heavy atom. The first kappa shape index (κ1) is 14.7. The van der Waals surface area contributed by atoms with Crippen LogP contribution in [0, 0.1) is 17.1 Å². The molecule has 1 N–H and O–H groups in total. The van der Waals surface area contributed by atoms with Crippen LogP contribution in [0.15, 0.2) is 42.5 Å². The number of aromatic amines is 1. The summed E-state index contributed by atoms with van der Waals surface area (Å²) < 4.78 is 13.9. The standard InChI is InChI=1S/C19H17FN4/c20-15-6-3-9-18(14(15)11-21)24-10-4-5-13(12-24)19-22-16-7-1-2-8-17(16)23-19/h1-3,6-9,13H,4-5,10,12H2,(H,22,23). The molecule has 1 aliphatic heterocycles. The Hall–Kier alpha value is -2.87. The van der Waals surface area contributed by atoms with Crippen LogP contribution in [0.3, 0.4) is 0 Å². The highest BCUT2D eigenvalue weighted by Gasteiger charge is 2.26. The zero-order chi connectivity index (χ0) is 16.5. The number of hydrogen-bond acceptors (Lipinski definition) is 3. The first-order valence-electron chi connectivity index (χ1n) is 8.14. The largest absolute Gasteiger partial charge is 0.370 e. The molecular formula is C19H17FN4. The molecular weight excluding hydrogens is 303 g/mol. The van der Waals surface area contributed by atoms with Crippen molar-refractivity contribution in [3.63, 3.8) is 0 Å². The molecule has 5 heteroatoms. The number of nitrogens with one attached hydrogen (secondary N) is 1. The maximum atomic E-state index is 13.9. The van der Waals surface area contributed by atoms with Crippen LogP contribution < -0.4 is 4.90 Å². The summed E-state index contributed by atoms with van der Waals surface area (Å²) in [5.41, 5.74) is 2.81. The van der Waals surface area contributed by atoms with Gasteiger partial charge in [-0.15, -0.1) is 0 Å². The Morgan fingerprint density at radius 3 is 2.92 bits per heavy atom. The Labute approximate surface area is 139 Å². The number of nitriles is 1. The molecule has 0 saturated carbocycles. The zero-order valence-corrected chi connectivity index (χ0v) is 13.2. The molecule has 2 heterocycles. The van der Waals surface area contributed by atoms with Crippen LogP contribution >= 0.6 is 0 Å². The Kier molecular flexibility index (Phi) is 3.66. The normalized spacial score (nSPS) is 17.8. The van der Waals surface area contributed by atoms with Gasteiger partial charge in [0.1, 0.15) is 23.3 Å². The molecule has 0 radical (unpaired) electrons. The lowest BCUT2D eigenvalue weighted by molar-refractivity contribution is 0.494. The SMILES string of the molecule is N#Cc1c(F)cccc1N1CCCC(c2nc3ccccc3[nH]2)C1. The van der Waals surface area contributed by atoms with Gasteiger partial charge >= 0.3 is 0 Å². The number of aromatic nitrogens is 2. The lowest BCUT2D eigenvalue weighted by Gasteiger charge is -2.34. The van der Waals surface area contributed by atoms with Gasteiger partial charge in [-0.1, -0.05) is 18.2 Å². The van der Waals surface area contributed by atoms with Crippen LogP contribution in [-0.2, 0) is 0 Å². The van der Waals surface area contributed by atoms with Crippen molar-refractivity contribution in [1.29, 1.82) is 5.26 Å². The molecule has 3 aromatic rings. The van der Waals surface area contributed by atoms with E-state index in [2.05, 4.69) is 9.88 Å². The van der Waals surface area contributed by atoms with Crippen LogP contribution in [0.2, 0.25) is 0 Å². The highest BCUT2D eigenvalue weighted by Crippen LogP contribution is 2.31. The minimum absolute atomic E-state index is 0.128. The van der Waals surface area contributed by atoms with Crippen molar-refractivity contribution in [3.8, 4) is 6.07 Å². The number of imidazole rings is 1. The Balaban J connectivity index is 1.65. The molecule has 0 aliphatic carbocycles. The zero-order valence-electron chi connectivity index (χ0n) is 13.2. The third-order valence-electron chi connectivity index (χ3n) is 4.66. The van der Waals surface area contributed by atoms with Gasteiger partial charge in [-0.25, -0.2) is 9.37 Å². The van der Waals surface area contributed by atoms with Crippen LogP contribution in [0.1, 0.15) is 30.1 Å². The van der Waals surface area contributed by atoms with Crippen molar-refractivity contribution in [1.82, 2.24) is 9.97 Å². The van der Waals surface area contributed by atoms with E-state index < -0.39 is 5.82 Å². The molecule has 24 heavy (non-hydrogen) atoms. The summed E-state index contributed by atoms with van der Waals surface area (Å²) in [5, 5.41) is 9.27. The van der Waals surface area contributed by atoms with Crippen molar-refractivity contribution in [2.45, 2.75) is 18.8 Å². The first-order valence-corrected chi connectivity index (χ1v) is 8.14. The van der Waals surface area contributed by atoms with E-state index in [1.807, 2.05) is 36.4 Å². The third kappa shape index (κ3) is 2.50. The molecule has 1 atom stereocenters. The predicted octanol–water partition coefficient (Wildman–Crippen LogP) is 3.96. The van der Waals surface area contributed by atoms with Crippen LogP contribution in [0.5, 0.6) is 0 Å². The van der Waals surface area contributed by atoms with E-state index in [0.717, 1.165) is 42.8 Å². The van der Waals surface area contributed by atoms with Crippen molar-refractivity contribution in [2.24, 2.45) is 0 Å². The Morgan fingerprint density at radius 2 is 2.08 bits per heavy atom. The number of hydrogen-bond donors (Lipinski definition) is 1. The average Bonchev–Trinajstić information content (AvgIpc) is 3.06. The van der Waals surface area contributed by atoms with Crippen molar-refractivity contribution >= 4 is 16.7 Å². The summed E-state index contributed by atoms with van der Waals surface area (Å²) in [6.07, 6.45) is 2.02. The molecule has 1 aliphatic rings. The molecule has 0 spiro atoms. The summed E-state index contributed by atoms with van der Waals surface area (Å²) in [6, 6.07) is 14.8. The fraction of sp³-hybridized carbons (Fsp3) is 0.263. The number of nitrogens with zero attached hydrogens (tertiary/aromatic N) is 3. The van der Waals surface area contributed by atoms with Gasteiger partial charge in [0.25, 0.3) is 0 Å². The van der Waals surface area contributed by atoms with E-state index >= 15 is 0 Å². The average molecular weight is 320 g/mol. The van der Waals surface area contributed by atoms with Gasteiger partial charge in [0.15, 0.2) is 0 Å². The molecule has 2 aromatic carbocycles. The van der Waals surface area contributed by atoms with E-state index in [1.165, 1.54) is 6.07 Å². The second-order valence-corrected chi connectivity index (χ2v) is 6.17. The van der Waals surface area contributed by atoms with Gasteiger partial charge in [-0.05, 0) is 37.1 Å². The highest BCUT2D eigenvalue weighted by atomic mass is 19.1. The van der Waals surface area contributed by atoms with Crippen molar-refractivity contribution in [2.75, 3.05) is 18.0 Å². The smallest absolute Gasteiger partial charge is 0.143 e. The molecule has 0 bridgehead atoms. The fourth-order valence-corrected chi connectivity index (χ4v) is 3.47. The van der Waals surface area contributed by atoms with Gasteiger partial charge in [0.2, 0.25) is 0 Å². The number of H-pyrrole nitrogens is 1. The third-order valence-corrected chi connectivity index (χ3v) is 4.66. The molecule has 1 saturated heterocycles. The minimum Gasteiger partial charge on any atom is -0.370 e. The van der Waals surface area contributed by atoms with Crippen LogP contribution in [-0.4, -0.2) is 23.1 Å². The first-order chi connectivity index (χ1) is 11.8. The minimum atomic E-state index is -0.458. The maximum Gasteiger partial charge on any atom is 0.143 e. The number of benzene rings is 2. The molecule has 0 amide bonds. The molecule has 4 nitrogen and oxygen atoms in total. The number of halogens is 1. The van der Waals surface area contributed by atoms with E-state index in [0.29, 0.717) is 5.69 Å². The summed E-state index contributed by atoms with van der Waals surface area (Å²) in [5.74, 6) is 0.762. The molecule has 1 fully saturated rings. The Bertz CT molecular complexity index is 892. The number of anilines is 1. The number of fused-ring (bicyclic) bond motifs is 1.